The predicted molar refractivity (Wildman–Crippen MR) is 159 cm³/mol. The minimum Gasteiger partial charge on any atom is -0.352 e. The Morgan fingerprint density at radius 2 is 1.46 bits per heavy atom. The summed E-state index contributed by atoms with van der Waals surface area (Å²) in [5.41, 5.74) is 5.80. The lowest BCUT2D eigenvalue weighted by molar-refractivity contribution is -0.125. The van der Waals surface area contributed by atoms with Crippen molar-refractivity contribution in [3.63, 3.8) is 0 Å². The molecule has 3 heterocycles. The molecule has 1 N–H and O–H groups in total. The van der Waals surface area contributed by atoms with E-state index in [1.165, 1.54) is 49.0 Å². The maximum absolute atomic E-state index is 13.0. The van der Waals surface area contributed by atoms with Gasteiger partial charge < -0.3 is 19.7 Å². The zero-order valence-electron chi connectivity index (χ0n) is 22.8. The Bertz CT molecular complexity index is 1370. The molecule has 1 aromatic heterocycles. The molecule has 39 heavy (non-hydrogen) atoms. The average Bonchev–Trinajstić information content (AvgIpc) is 3.38. The van der Waals surface area contributed by atoms with Gasteiger partial charge in [0.2, 0.25) is 11.9 Å². The molecule has 0 saturated carbocycles. The van der Waals surface area contributed by atoms with Crippen molar-refractivity contribution in [2.75, 3.05) is 37.6 Å². The molecule has 0 bridgehead atoms. The van der Waals surface area contributed by atoms with Crippen molar-refractivity contribution in [1.29, 1.82) is 0 Å². The van der Waals surface area contributed by atoms with E-state index in [1.807, 2.05) is 6.07 Å². The van der Waals surface area contributed by atoms with Gasteiger partial charge in [-0.05, 0) is 67.6 Å². The number of para-hydroxylation sites is 2. The molecule has 0 aliphatic carbocycles. The van der Waals surface area contributed by atoms with E-state index in [-0.39, 0.29) is 11.8 Å². The molecule has 4 aromatic rings. The third-order valence-corrected chi connectivity index (χ3v) is 8.40. The normalized spacial score (nSPS) is 17.0. The molecule has 2 aliphatic heterocycles. The Balaban J connectivity index is 1.05. The van der Waals surface area contributed by atoms with Crippen LogP contribution in [0.15, 0.2) is 78.9 Å². The third kappa shape index (κ3) is 6.01. The summed E-state index contributed by atoms with van der Waals surface area (Å²) in [5, 5.41) is 3.19. The van der Waals surface area contributed by atoms with Gasteiger partial charge in [-0.2, -0.15) is 0 Å². The van der Waals surface area contributed by atoms with E-state index in [1.54, 1.807) is 0 Å². The molecule has 0 unspecified atom stereocenters. The van der Waals surface area contributed by atoms with Crippen LogP contribution in [0.3, 0.4) is 0 Å². The number of fused-ring (bicyclic) bond motifs is 1. The number of nitrogens with one attached hydrogen (secondary N) is 1. The van der Waals surface area contributed by atoms with Gasteiger partial charge >= 0.3 is 0 Å². The number of piperidine rings is 2. The number of amides is 1. The first-order chi connectivity index (χ1) is 19.2. The highest BCUT2D eigenvalue weighted by atomic mass is 16.1. The summed E-state index contributed by atoms with van der Waals surface area (Å²) < 4.78 is 2.41. The SMILES string of the molecule is O=C(NCc1ccc(-c2ccccc2)cc1)C1CCN(c2nc3ccccc3n2CCN2CCCCC2)CC1. The van der Waals surface area contributed by atoms with Crippen molar-refractivity contribution >= 4 is 22.9 Å². The van der Waals surface area contributed by atoms with Crippen molar-refractivity contribution in [3.05, 3.63) is 84.4 Å². The second kappa shape index (κ2) is 12.0. The second-order valence-corrected chi connectivity index (χ2v) is 11.0. The summed E-state index contributed by atoms with van der Waals surface area (Å²) in [6, 6.07) is 27.3. The minimum atomic E-state index is 0.0519. The molecule has 3 aromatic carbocycles. The molecular weight excluding hydrogens is 482 g/mol. The van der Waals surface area contributed by atoms with Crippen LogP contribution < -0.4 is 10.2 Å². The number of likely N-dealkylation sites (tertiary alicyclic amines) is 1. The lowest BCUT2D eigenvalue weighted by Crippen LogP contribution is -2.41. The number of benzene rings is 3. The zero-order valence-corrected chi connectivity index (χ0v) is 22.8. The van der Waals surface area contributed by atoms with Gasteiger partial charge in [0.05, 0.1) is 11.0 Å². The number of anilines is 1. The van der Waals surface area contributed by atoms with Gasteiger partial charge in [0, 0.05) is 38.6 Å². The molecule has 6 rings (SSSR count). The Morgan fingerprint density at radius 1 is 0.769 bits per heavy atom. The quantitative estimate of drug-likeness (QED) is 0.322. The van der Waals surface area contributed by atoms with Crippen LogP contribution in [0, 0.1) is 5.92 Å². The average molecular weight is 522 g/mol. The van der Waals surface area contributed by atoms with Crippen LogP contribution in [0.1, 0.15) is 37.7 Å². The van der Waals surface area contributed by atoms with Crippen molar-refractivity contribution in [2.24, 2.45) is 5.92 Å². The molecule has 0 atom stereocenters. The van der Waals surface area contributed by atoms with Crippen LogP contribution in [0.25, 0.3) is 22.2 Å². The largest absolute Gasteiger partial charge is 0.352 e. The number of carbonyl (C=O) groups is 1. The lowest BCUT2D eigenvalue weighted by Gasteiger charge is -2.33. The Labute approximate surface area is 231 Å². The fraction of sp³-hybridized carbons (Fsp3) is 0.394. The number of hydrogen-bond donors (Lipinski definition) is 1. The second-order valence-electron chi connectivity index (χ2n) is 11.0. The summed E-state index contributed by atoms with van der Waals surface area (Å²) in [4.78, 5) is 23.1. The maximum atomic E-state index is 13.0. The van der Waals surface area contributed by atoms with Crippen molar-refractivity contribution in [3.8, 4) is 11.1 Å². The molecule has 6 nitrogen and oxygen atoms in total. The van der Waals surface area contributed by atoms with E-state index in [0.717, 1.165) is 56.0 Å². The van der Waals surface area contributed by atoms with Crippen molar-refractivity contribution in [2.45, 2.75) is 45.2 Å². The fourth-order valence-corrected chi connectivity index (χ4v) is 6.07. The summed E-state index contributed by atoms with van der Waals surface area (Å²) in [5.74, 6) is 1.28. The standard InChI is InChI=1S/C33H39N5O/c39-32(34-25-26-13-15-28(16-14-26)27-9-3-1-4-10-27)29-17-21-37(22-18-29)33-35-30-11-5-6-12-31(30)38(33)24-23-36-19-7-2-8-20-36/h1,3-6,9-16,29H,2,7-8,17-25H2,(H,34,39). The van der Waals surface area contributed by atoms with E-state index >= 15 is 0 Å². The first kappa shape index (κ1) is 25.6. The van der Waals surface area contributed by atoms with Crippen LogP contribution in [0.2, 0.25) is 0 Å². The van der Waals surface area contributed by atoms with Crippen LogP contribution in [0.5, 0.6) is 0 Å². The molecule has 2 fully saturated rings. The number of imidazole rings is 1. The summed E-state index contributed by atoms with van der Waals surface area (Å²) in [7, 11) is 0. The molecule has 2 saturated heterocycles. The van der Waals surface area contributed by atoms with Crippen LogP contribution in [-0.4, -0.2) is 53.1 Å². The highest BCUT2D eigenvalue weighted by molar-refractivity contribution is 5.80. The third-order valence-electron chi connectivity index (χ3n) is 8.40. The summed E-state index contributed by atoms with van der Waals surface area (Å²) in [6.07, 6.45) is 5.69. The number of nitrogens with zero attached hydrogens (tertiary/aromatic N) is 4. The predicted octanol–water partition coefficient (Wildman–Crippen LogP) is 5.72. The molecule has 202 valence electrons. The molecular formula is C33H39N5O. The van der Waals surface area contributed by atoms with Crippen LogP contribution in [-0.2, 0) is 17.9 Å². The van der Waals surface area contributed by atoms with Gasteiger partial charge in [-0.25, -0.2) is 4.98 Å². The Morgan fingerprint density at radius 3 is 2.23 bits per heavy atom. The lowest BCUT2D eigenvalue weighted by atomic mass is 9.96. The van der Waals surface area contributed by atoms with Crippen LogP contribution >= 0.6 is 0 Å². The van der Waals surface area contributed by atoms with Gasteiger partial charge in [-0.15, -0.1) is 0 Å². The molecule has 0 radical (unpaired) electrons. The molecule has 0 spiro atoms. The highest BCUT2D eigenvalue weighted by Gasteiger charge is 2.28. The summed E-state index contributed by atoms with van der Waals surface area (Å²) in [6.45, 7) is 6.73. The zero-order chi connectivity index (χ0) is 26.4. The first-order valence-corrected chi connectivity index (χ1v) is 14.6. The van der Waals surface area contributed by atoms with Gasteiger partial charge in [0.1, 0.15) is 0 Å². The molecule has 6 heteroatoms. The van der Waals surface area contributed by atoms with Gasteiger partial charge in [-0.3, -0.25) is 4.79 Å². The van der Waals surface area contributed by atoms with Gasteiger partial charge in [0.15, 0.2) is 0 Å². The Kier molecular flexibility index (Phi) is 7.91. The fourth-order valence-electron chi connectivity index (χ4n) is 6.07. The van der Waals surface area contributed by atoms with Crippen LogP contribution in [0.4, 0.5) is 5.95 Å². The van der Waals surface area contributed by atoms with Crippen molar-refractivity contribution in [1.82, 2.24) is 19.8 Å². The molecule has 2 aliphatic rings. The van der Waals surface area contributed by atoms with E-state index in [0.29, 0.717) is 6.54 Å². The monoisotopic (exact) mass is 521 g/mol. The molecule has 1 amide bonds. The number of rotatable bonds is 8. The van der Waals surface area contributed by atoms with E-state index in [2.05, 4.69) is 92.5 Å². The van der Waals surface area contributed by atoms with Gasteiger partial charge in [-0.1, -0.05) is 73.2 Å². The topological polar surface area (TPSA) is 53.4 Å². The highest BCUT2D eigenvalue weighted by Crippen LogP contribution is 2.27. The van der Waals surface area contributed by atoms with Crippen molar-refractivity contribution < 1.29 is 4.79 Å². The smallest absolute Gasteiger partial charge is 0.223 e. The van der Waals surface area contributed by atoms with E-state index in [4.69, 9.17) is 4.98 Å². The van der Waals surface area contributed by atoms with Gasteiger partial charge in [0.25, 0.3) is 0 Å². The maximum Gasteiger partial charge on any atom is 0.223 e. The number of aromatic nitrogens is 2. The Hall–Kier alpha value is -3.64. The number of carbonyl (C=O) groups excluding carboxylic acids is 1. The van der Waals surface area contributed by atoms with E-state index in [9.17, 15) is 4.79 Å². The first-order valence-electron chi connectivity index (χ1n) is 14.6. The summed E-state index contributed by atoms with van der Waals surface area (Å²) >= 11 is 0. The minimum absolute atomic E-state index is 0.0519. The van der Waals surface area contributed by atoms with E-state index < -0.39 is 0 Å². The number of hydrogen-bond acceptors (Lipinski definition) is 4.